The van der Waals surface area contributed by atoms with E-state index in [-0.39, 0.29) is 12.2 Å². The first-order chi connectivity index (χ1) is 10.5. The molecule has 0 bridgehead atoms. The monoisotopic (exact) mass is 312 g/mol. The average molecular weight is 312 g/mol. The SMILES string of the molecule is CCOC(C)(CCOc1ccccc1C(=O)O)OCCOC. The van der Waals surface area contributed by atoms with E-state index in [1.54, 1.807) is 25.3 Å². The molecule has 1 aromatic rings. The van der Waals surface area contributed by atoms with Crippen molar-refractivity contribution in [2.75, 3.05) is 33.5 Å². The number of aromatic carboxylic acids is 1. The topological polar surface area (TPSA) is 74.2 Å². The summed E-state index contributed by atoms with van der Waals surface area (Å²) >= 11 is 0. The molecule has 22 heavy (non-hydrogen) atoms. The number of carboxylic acids is 1. The molecule has 1 unspecified atom stereocenters. The molecule has 124 valence electrons. The third-order valence-corrected chi connectivity index (χ3v) is 3.08. The van der Waals surface area contributed by atoms with Crippen molar-refractivity contribution in [1.29, 1.82) is 0 Å². The quantitative estimate of drug-likeness (QED) is 0.500. The second-order valence-electron chi connectivity index (χ2n) is 4.81. The smallest absolute Gasteiger partial charge is 0.339 e. The number of ether oxygens (including phenoxy) is 4. The van der Waals surface area contributed by atoms with Crippen LogP contribution in [0.5, 0.6) is 5.75 Å². The summed E-state index contributed by atoms with van der Waals surface area (Å²) in [4.78, 5) is 11.1. The van der Waals surface area contributed by atoms with Gasteiger partial charge < -0.3 is 24.1 Å². The number of hydrogen-bond acceptors (Lipinski definition) is 5. The zero-order chi connectivity index (χ0) is 16.4. The number of carbonyl (C=O) groups is 1. The Hall–Kier alpha value is -1.63. The van der Waals surface area contributed by atoms with Gasteiger partial charge in [-0.1, -0.05) is 12.1 Å². The molecule has 0 aromatic heterocycles. The molecule has 1 N–H and O–H groups in total. The lowest BCUT2D eigenvalue weighted by Gasteiger charge is -2.29. The molecule has 1 atom stereocenters. The molecular weight excluding hydrogens is 288 g/mol. The summed E-state index contributed by atoms with van der Waals surface area (Å²) < 4.78 is 21.8. The molecule has 6 nitrogen and oxygen atoms in total. The van der Waals surface area contributed by atoms with Crippen LogP contribution in [0.4, 0.5) is 0 Å². The Morgan fingerprint density at radius 1 is 1.18 bits per heavy atom. The van der Waals surface area contributed by atoms with Gasteiger partial charge in [0, 0.05) is 20.1 Å². The van der Waals surface area contributed by atoms with Crippen molar-refractivity contribution >= 4 is 5.97 Å². The summed E-state index contributed by atoms with van der Waals surface area (Å²) in [7, 11) is 1.60. The van der Waals surface area contributed by atoms with E-state index in [0.717, 1.165) is 0 Å². The minimum atomic E-state index is -1.01. The fourth-order valence-electron chi connectivity index (χ4n) is 1.95. The normalized spacial score (nSPS) is 13.6. The van der Waals surface area contributed by atoms with Crippen LogP contribution in [0, 0.1) is 0 Å². The lowest BCUT2D eigenvalue weighted by molar-refractivity contribution is -0.233. The van der Waals surface area contributed by atoms with Crippen molar-refractivity contribution in [2.45, 2.75) is 26.1 Å². The summed E-state index contributed by atoms with van der Waals surface area (Å²) in [5.74, 6) is -1.46. The van der Waals surface area contributed by atoms with Gasteiger partial charge in [0.2, 0.25) is 0 Å². The molecule has 0 spiro atoms. The van der Waals surface area contributed by atoms with E-state index in [1.165, 1.54) is 6.07 Å². The van der Waals surface area contributed by atoms with Crippen LogP contribution in [0.1, 0.15) is 30.6 Å². The van der Waals surface area contributed by atoms with Crippen LogP contribution >= 0.6 is 0 Å². The Labute approximate surface area is 130 Å². The number of carboxylic acid groups (broad SMARTS) is 1. The summed E-state index contributed by atoms with van der Waals surface area (Å²) in [6, 6.07) is 6.54. The third kappa shape index (κ3) is 6.01. The maximum atomic E-state index is 11.1. The molecule has 0 fully saturated rings. The fourth-order valence-corrected chi connectivity index (χ4v) is 1.95. The molecule has 0 aliphatic rings. The Bertz CT molecular complexity index is 462. The van der Waals surface area contributed by atoms with Crippen LogP contribution in [0.3, 0.4) is 0 Å². The van der Waals surface area contributed by atoms with Crippen molar-refractivity contribution in [3.05, 3.63) is 29.8 Å². The molecule has 0 saturated heterocycles. The number of methoxy groups -OCH3 is 1. The minimum absolute atomic E-state index is 0.140. The highest BCUT2D eigenvalue weighted by Crippen LogP contribution is 2.21. The molecule has 0 amide bonds. The van der Waals surface area contributed by atoms with E-state index in [0.29, 0.717) is 32.0 Å². The highest BCUT2D eigenvalue weighted by molar-refractivity contribution is 5.90. The standard InChI is InChI=1S/C16H24O6/c1-4-21-16(2,22-12-11-19-3)9-10-20-14-8-6-5-7-13(14)15(17)18/h5-8H,4,9-12H2,1-3H3,(H,17,18). The van der Waals surface area contributed by atoms with Gasteiger partial charge in [0.05, 0.1) is 19.8 Å². The van der Waals surface area contributed by atoms with Crippen LogP contribution in [-0.4, -0.2) is 50.4 Å². The lowest BCUT2D eigenvalue weighted by Crippen LogP contribution is -2.35. The Morgan fingerprint density at radius 3 is 2.55 bits per heavy atom. The lowest BCUT2D eigenvalue weighted by atomic mass is 10.2. The van der Waals surface area contributed by atoms with Crippen molar-refractivity contribution in [2.24, 2.45) is 0 Å². The summed E-state index contributed by atoms with van der Waals surface area (Å²) in [6.45, 7) is 5.41. The first-order valence-corrected chi connectivity index (χ1v) is 7.24. The van der Waals surface area contributed by atoms with E-state index in [4.69, 9.17) is 24.1 Å². The zero-order valence-corrected chi connectivity index (χ0v) is 13.3. The van der Waals surface area contributed by atoms with Gasteiger partial charge >= 0.3 is 5.97 Å². The second-order valence-corrected chi connectivity index (χ2v) is 4.81. The molecule has 6 heteroatoms. The van der Waals surface area contributed by atoms with Crippen LogP contribution in [0.25, 0.3) is 0 Å². The first-order valence-electron chi connectivity index (χ1n) is 7.24. The van der Waals surface area contributed by atoms with Gasteiger partial charge in [0.25, 0.3) is 0 Å². The summed E-state index contributed by atoms with van der Waals surface area (Å²) in [5, 5.41) is 9.11. The van der Waals surface area contributed by atoms with E-state index < -0.39 is 11.8 Å². The predicted molar refractivity (Wildman–Crippen MR) is 81.4 cm³/mol. The largest absolute Gasteiger partial charge is 0.492 e. The maximum Gasteiger partial charge on any atom is 0.339 e. The van der Waals surface area contributed by atoms with Gasteiger partial charge in [0.1, 0.15) is 11.3 Å². The second kappa shape index (κ2) is 9.40. The highest BCUT2D eigenvalue weighted by atomic mass is 16.7. The van der Waals surface area contributed by atoms with Crippen molar-refractivity contribution < 1.29 is 28.8 Å². The molecule has 0 radical (unpaired) electrons. The number of rotatable bonds is 11. The number of benzene rings is 1. The van der Waals surface area contributed by atoms with Crippen LogP contribution in [-0.2, 0) is 14.2 Å². The first kappa shape index (κ1) is 18.4. The Balaban J connectivity index is 2.57. The molecule has 0 saturated carbocycles. The van der Waals surface area contributed by atoms with E-state index in [1.807, 2.05) is 13.8 Å². The van der Waals surface area contributed by atoms with Crippen molar-refractivity contribution in [3.63, 3.8) is 0 Å². The van der Waals surface area contributed by atoms with Gasteiger partial charge in [-0.05, 0) is 26.0 Å². The van der Waals surface area contributed by atoms with E-state index >= 15 is 0 Å². The van der Waals surface area contributed by atoms with Gasteiger partial charge in [-0.2, -0.15) is 0 Å². The van der Waals surface area contributed by atoms with Crippen molar-refractivity contribution in [3.8, 4) is 5.75 Å². The zero-order valence-electron chi connectivity index (χ0n) is 13.3. The Morgan fingerprint density at radius 2 is 1.91 bits per heavy atom. The third-order valence-electron chi connectivity index (χ3n) is 3.08. The summed E-state index contributed by atoms with van der Waals surface area (Å²) in [6.07, 6.45) is 0.471. The van der Waals surface area contributed by atoms with E-state index in [2.05, 4.69) is 0 Å². The Kier molecular flexibility index (Phi) is 7.87. The molecule has 1 rings (SSSR count). The molecule has 0 heterocycles. The molecular formula is C16H24O6. The van der Waals surface area contributed by atoms with Gasteiger partial charge in [0.15, 0.2) is 5.79 Å². The molecule has 0 aliphatic carbocycles. The minimum Gasteiger partial charge on any atom is -0.492 e. The fraction of sp³-hybridized carbons (Fsp3) is 0.562. The average Bonchev–Trinajstić information content (AvgIpc) is 2.48. The predicted octanol–water partition coefficient (Wildman–Crippen LogP) is 2.57. The number of para-hydroxylation sites is 1. The van der Waals surface area contributed by atoms with Crippen LogP contribution in [0.2, 0.25) is 0 Å². The maximum absolute atomic E-state index is 11.1. The van der Waals surface area contributed by atoms with Gasteiger partial charge in [-0.25, -0.2) is 4.79 Å². The van der Waals surface area contributed by atoms with Crippen LogP contribution < -0.4 is 4.74 Å². The highest BCUT2D eigenvalue weighted by Gasteiger charge is 2.25. The molecule has 0 aliphatic heterocycles. The molecule has 1 aromatic carbocycles. The van der Waals surface area contributed by atoms with Crippen LogP contribution in [0.15, 0.2) is 24.3 Å². The summed E-state index contributed by atoms with van der Waals surface area (Å²) in [5.41, 5.74) is 0.140. The number of hydrogen-bond donors (Lipinski definition) is 1. The van der Waals surface area contributed by atoms with Gasteiger partial charge in [-0.3, -0.25) is 0 Å². The van der Waals surface area contributed by atoms with Crippen molar-refractivity contribution in [1.82, 2.24) is 0 Å². The van der Waals surface area contributed by atoms with E-state index in [9.17, 15) is 4.79 Å². The van der Waals surface area contributed by atoms with Gasteiger partial charge in [-0.15, -0.1) is 0 Å².